The lowest BCUT2D eigenvalue weighted by Crippen LogP contribution is -2.00. The summed E-state index contributed by atoms with van der Waals surface area (Å²) in [6, 6.07) is 4.81. The molecule has 0 aliphatic heterocycles. The average Bonchev–Trinajstić information content (AvgIpc) is 2.63. The van der Waals surface area contributed by atoms with Crippen LogP contribution in [0.5, 0.6) is 0 Å². The molecule has 0 aliphatic carbocycles. The number of hydrogen-bond donors (Lipinski definition) is 1. The second-order valence-electron chi connectivity index (χ2n) is 3.64. The first-order valence-electron chi connectivity index (χ1n) is 4.89. The molecular weight excluding hydrogens is 209 g/mol. The minimum atomic E-state index is -0.342. The summed E-state index contributed by atoms with van der Waals surface area (Å²) < 4.78 is 15.2. The van der Waals surface area contributed by atoms with Gasteiger partial charge in [-0.25, -0.2) is 4.39 Å². The molecule has 16 heavy (non-hydrogen) atoms. The molecule has 1 N–H and O–H groups in total. The first-order chi connectivity index (χ1) is 7.63. The van der Waals surface area contributed by atoms with Gasteiger partial charge < -0.3 is 9.67 Å². The monoisotopic (exact) mass is 221 g/mol. The molecule has 0 saturated carbocycles. The van der Waals surface area contributed by atoms with Gasteiger partial charge in [-0.3, -0.25) is 0 Å². The standard InChI is InChI=1S/C11H12FN3O/c1-7-3-4-9(12)8(5-7)11-14-13-10(6-16)15(11)2/h3-5,16H,6H2,1-2H3. The minimum Gasteiger partial charge on any atom is -0.388 e. The first-order valence-corrected chi connectivity index (χ1v) is 4.89. The van der Waals surface area contributed by atoms with Crippen LogP contribution < -0.4 is 0 Å². The molecule has 0 radical (unpaired) electrons. The molecule has 5 heteroatoms. The number of nitrogens with zero attached hydrogens (tertiary/aromatic N) is 3. The van der Waals surface area contributed by atoms with Crippen LogP contribution in [-0.4, -0.2) is 19.9 Å². The van der Waals surface area contributed by atoms with Gasteiger partial charge in [-0.1, -0.05) is 11.6 Å². The Labute approximate surface area is 92.4 Å². The second-order valence-corrected chi connectivity index (χ2v) is 3.64. The molecular formula is C11H12FN3O. The molecule has 4 nitrogen and oxygen atoms in total. The molecule has 1 aromatic heterocycles. The van der Waals surface area contributed by atoms with E-state index in [1.165, 1.54) is 6.07 Å². The zero-order valence-electron chi connectivity index (χ0n) is 9.11. The van der Waals surface area contributed by atoms with E-state index in [0.717, 1.165) is 5.56 Å². The van der Waals surface area contributed by atoms with Crippen LogP contribution in [0.4, 0.5) is 4.39 Å². The third-order valence-electron chi connectivity index (χ3n) is 2.47. The maximum atomic E-state index is 13.6. The molecule has 1 aromatic carbocycles. The van der Waals surface area contributed by atoms with Crippen LogP contribution >= 0.6 is 0 Å². The van der Waals surface area contributed by atoms with Crippen LogP contribution in [0.15, 0.2) is 18.2 Å². The fraction of sp³-hybridized carbons (Fsp3) is 0.273. The number of halogens is 1. The summed E-state index contributed by atoms with van der Waals surface area (Å²) in [5.41, 5.74) is 1.35. The van der Waals surface area contributed by atoms with Crippen molar-refractivity contribution in [1.82, 2.24) is 14.8 Å². The number of aliphatic hydroxyl groups excluding tert-OH is 1. The van der Waals surface area contributed by atoms with Crippen molar-refractivity contribution in [2.75, 3.05) is 0 Å². The molecule has 0 aliphatic rings. The van der Waals surface area contributed by atoms with Crippen LogP contribution in [0.2, 0.25) is 0 Å². The second kappa shape index (κ2) is 4.02. The lowest BCUT2D eigenvalue weighted by Gasteiger charge is -2.04. The highest BCUT2D eigenvalue weighted by Gasteiger charge is 2.13. The molecule has 0 saturated heterocycles. The SMILES string of the molecule is Cc1ccc(F)c(-c2nnc(CO)n2C)c1. The summed E-state index contributed by atoms with van der Waals surface area (Å²) in [5.74, 6) is 0.492. The molecule has 0 amide bonds. The summed E-state index contributed by atoms with van der Waals surface area (Å²) in [6.45, 7) is 1.67. The van der Waals surface area contributed by atoms with Gasteiger partial charge in [0.05, 0.1) is 5.56 Å². The van der Waals surface area contributed by atoms with E-state index in [-0.39, 0.29) is 12.4 Å². The third kappa shape index (κ3) is 1.69. The third-order valence-corrected chi connectivity index (χ3v) is 2.47. The van der Waals surface area contributed by atoms with Gasteiger partial charge in [0.2, 0.25) is 0 Å². The molecule has 2 aromatic rings. The lowest BCUT2D eigenvalue weighted by molar-refractivity contribution is 0.267. The number of aromatic nitrogens is 3. The highest BCUT2D eigenvalue weighted by molar-refractivity contribution is 5.57. The van der Waals surface area contributed by atoms with Gasteiger partial charge in [0.1, 0.15) is 12.4 Å². The summed E-state index contributed by atoms with van der Waals surface area (Å²) in [5, 5.41) is 16.6. The predicted molar refractivity (Wildman–Crippen MR) is 57.1 cm³/mol. The summed E-state index contributed by atoms with van der Waals surface area (Å²) in [6.07, 6.45) is 0. The van der Waals surface area contributed by atoms with E-state index in [1.54, 1.807) is 23.7 Å². The van der Waals surface area contributed by atoms with Crippen LogP contribution in [0.1, 0.15) is 11.4 Å². The normalized spacial score (nSPS) is 10.8. The highest BCUT2D eigenvalue weighted by atomic mass is 19.1. The number of aryl methyl sites for hydroxylation is 1. The van der Waals surface area contributed by atoms with Gasteiger partial charge in [-0.05, 0) is 19.1 Å². The van der Waals surface area contributed by atoms with Gasteiger partial charge >= 0.3 is 0 Å². The van der Waals surface area contributed by atoms with Crippen molar-refractivity contribution < 1.29 is 9.50 Å². The van der Waals surface area contributed by atoms with Crippen molar-refractivity contribution in [2.45, 2.75) is 13.5 Å². The van der Waals surface area contributed by atoms with Crippen LogP contribution in [0.3, 0.4) is 0 Å². The summed E-state index contributed by atoms with van der Waals surface area (Å²) in [4.78, 5) is 0. The Morgan fingerprint density at radius 2 is 2.12 bits per heavy atom. The fourth-order valence-corrected chi connectivity index (χ4v) is 1.54. The van der Waals surface area contributed by atoms with Crippen molar-refractivity contribution in [3.63, 3.8) is 0 Å². The Hall–Kier alpha value is -1.75. The zero-order valence-corrected chi connectivity index (χ0v) is 9.11. The molecule has 2 rings (SSSR count). The Kier molecular flexibility index (Phi) is 2.70. The van der Waals surface area contributed by atoms with E-state index < -0.39 is 0 Å². The van der Waals surface area contributed by atoms with Crippen molar-refractivity contribution in [3.8, 4) is 11.4 Å². The van der Waals surface area contributed by atoms with E-state index in [2.05, 4.69) is 10.2 Å². The van der Waals surface area contributed by atoms with Crippen LogP contribution in [0, 0.1) is 12.7 Å². The van der Waals surface area contributed by atoms with Crippen LogP contribution in [-0.2, 0) is 13.7 Å². The number of rotatable bonds is 2. The Morgan fingerprint density at radius 3 is 2.75 bits per heavy atom. The van der Waals surface area contributed by atoms with E-state index >= 15 is 0 Å². The highest BCUT2D eigenvalue weighted by Crippen LogP contribution is 2.22. The number of hydrogen-bond acceptors (Lipinski definition) is 3. The predicted octanol–water partition coefficient (Wildman–Crippen LogP) is 1.42. The van der Waals surface area contributed by atoms with Crippen LogP contribution in [0.25, 0.3) is 11.4 Å². The first kappa shape index (κ1) is 10.8. The van der Waals surface area contributed by atoms with Crippen molar-refractivity contribution >= 4 is 0 Å². The molecule has 84 valence electrons. The largest absolute Gasteiger partial charge is 0.388 e. The summed E-state index contributed by atoms with van der Waals surface area (Å²) in [7, 11) is 1.70. The molecule has 0 bridgehead atoms. The maximum Gasteiger partial charge on any atom is 0.166 e. The smallest absolute Gasteiger partial charge is 0.166 e. The van der Waals surface area contributed by atoms with Crippen molar-refractivity contribution in [2.24, 2.45) is 7.05 Å². The number of aliphatic hydroxyl groups is 1. The molecule has 0 fully saturated rings. The molecule has 1 heterocycles. The molecule has 0 atom stereocenters. The Bertz CT molecular complexity index is 522. The quantitative estimate of drug-likeness (QED) is 0.834. The number of benzene rings is 1. The van der Waals surface area contributed by atoms with Crippen molar-refractivity contribution in [1.29, 1.82) is 0 Å². The summed E-state index contributed by atoms with van der Waals surface area (Å²) >= 11 is 0. The minimum absolute atomic E-state index is 0.211. The Balaban J connectivity index is 2.58. The van der Waals surface area contributed by atoms with Gasteiger partial charge in [-0.15, -0.1) is 10.2 Å². The van der Waals surface area contributed by atoms with E-state index in [9.17, 15) is 4.39 Å². The van der Waals surface area contributed by atoms with E-state index in [1.807, 2.05) is 6.92 Å². The zero-order chi connectivity index (χ0) is 11.7. The van der Waals surface area contributed by atoms with E-state index in [4.69, 9.17) is 5.11 Å². The van der Waals surface area contributed by atoms with Gasteiger partial charge in [0.15, 0.2) is 11.6 Å². The lowest BCUT2D eigenvalue weighted by atomic mass is 10.1. The maximum absolute atomic E-state index is 13.6. The molecule has 0 unspecified atom stereocenters. The molecule has 0 spiro atoms. The van der Waals surface area contributed by atoms with Gasteiger partial charge in [0, 0.05) is 7.05 Å². The topological polar surface area (TPSA) is 50.9 Å². The fourth-order valence-electron chi connectivity index (χ4n) is 1.54. The Morgan fingerprint density at radius 1 is 1.38 bits per heavy atom. The van der Waals surface area contributed by atoms with Crippen molar-refractivity contribution in [3.05, 3.63) is 35.4 Å². The van der Waals surface area contributed by atoms with Gasteiger partial charge in [0.25, 0.3) is 0 Å². The van der Waals surface area contributed by atoms with E-state index in [0.29, 0.717) is 17.2 Å². The average molecular weight is 221 g/mol. The van der Waals surface area contributed by atoms with Gasteiger partial charge in [-0.2, -0.15) is 0 Å².